The molecule has 0 aliphatic rings. The number of ether oxygens (including phenoxy) is 1. The van der Waals surface area contributed by atoms with Crippen molar-refractivity contribution in [1.82, 2.24) is 9.97 Å². The van der Waals surface area contributed by atoms with Gasteiger partial charge in [-0.25, -0.2) is 15.0 Å². The first-order chi connectivity index (χ1) is 14.4. The molecule has 0 aliphatic carbocycles. The number of ketones is 1. The maximum atomic E-state index is 12.4. The van der Waals surface area contributed by atoms with Gasteiger partial charge in [0.15, 0.2) is 11.5 Å². The van der Waals surface area contributed by atoms with Gasteiger partial charge in [0, 0.05) is 26.0 Å². The Labute approximate surface area is 177 Å². The predicted octanol–water partition coefficient (Wildman–Crippen LogP) is 2.56. The maximum Gasteiger partial charge on any atom is 0.278 e. The molecule has 8 nitrogen and oxygen atoms in total. The Bertz CT molecular complexity index is 945. The van der Waals surface area contributed by atoms with Crippen molar-refractivity contribution in [2.45, 2.75) is 26.2 Å². The zero-order valence-corrected chi connectivity index (χ0v) is 18.2. The first kappa shape index (κ1) is 23.6. The Morgan fingerprint density at radius 1 is 1.17 bits per heavy atom. The summed E-state index contributed by atoms with van der Waals surface area (Å²) in [5, 5.41) is 0. The number of aromatic nitrogens is 2. The summed E-state index contributed by atoms with van der Waals surface area (Å²) in [5.74, 6) is -0.256. The largest absolute Gasteiger partial charge is 0.376 e. The number of rotatable bonds is 13. The lowest BCUT2D eigenvalue weighted by Crippen LogP contribution is -2.43. The topological polar surface area (TPSA) is 96.8 Å². The molecule has 1 aromatic carbocycles. The van der Waals surface area contributed by atoms with Crippen molar-refractivity contribution in [3.8, 4) is 0 Å². The third kappa shape index (κ3) is 7.99. The minimum atomic E-state index is -0.441. The van der Waals surface area contributed by atoms with Gasteiger partial charge in [-0.2, -0.15) is 0 Å². The van der Waals surface area contributed by atoms with E-state index in [0.717, 1.165) is 30.5 Å². The van der Waals surface area contributed by atoms with Crippen LogP contribution in [0.2, 0.25) is 0 Å². The van der Waals surface area contributed by atoms with Gasteiger partial charge in [-0.3, -0.25) is 9.59 Å². The van der Waals surface area contributed by atoms with E-state index in [1.807, 2.05) is 19.1 Å². The van der Waals surface area contributed by atoms with E-state index < -0.39 is 5.56 Å². The fourth-order valence-corrected chi connectivity index (χ4v) is 2.95. The van der Waals surface area contributed by atoms with Gasteiger partial charge in [-0.15, -0.1) is 0 Å². The predicted molar refractivity (Wildman–Crippen MR) is 118 cm³/mol. The lowest BCUT2D eigenvalue weighted by Gasteiger charge is -2.29. The van der Waals surface area contributed by atoms with Gasteiger partial charge in [0.2, 0.25) is 0 Å². The van der Waals surface area contributed by atoms with Crippen LogP contribution in [0.15, 0.2) is 39.0 Å². The van der Waals surface area contributed by atoms with Crippen molar-refractivity contribution in [2.75, 3.05) is 53.5 Å². The molecule has 0 saturated carbocycles. The molecule has 0 aliphatic heterocycles. The molecule has 0 saturated heterocycles. The van der Waals surface area contributed by atoms with Crippen LogP contribution in [0.3, 0.4) is 0 Å². The Morgan fingerprint density at radius 2 is 1.97 bits per heavy atom. The summed E-state index contributed by atoms with van der Waals surface area (Å²) in [5.41, 5.74) is 0.770. The number of hydrogen-bond donors (Lipinski definition) is 1. The number of fused-ring (bicyclic) bond motifs is 1. The Hall–Kier alpha value is -2.67. The summed E-state index contributed by atoms with van der Waals surface area (Å²) in [4.78, 5) is 39.4. The summed E-state index contributed by atoms with van der Waals surface area (Å²) in [6.45, 7) is 6.38. The number of carbonyl (C=O) groups is 1. The standard InChI is InChI=1S/C22H31N5O3/c1-4-23-17-24-12-8-13-27(2,3)14-16-30-15-7-11-20(28)21-22(29)26-19-10-6-5-9-18(19)25-21/h5-6,9-10H,4,7-8,11-16H2,1-3H3/p+1. The van der Waals surface area contributed by atoms with Crippen LogP contribution in [0.5, 0.6) is 0 Å². The highest BCUT2D eigenvalue weighted by atomic mass is 16.5. The number of likely N-dealkylation sites (N-methyl/N-ethyl adjacent to an activating group) is 1. The fourth-order valence-electron chi connectivity index (χ4n) is 2.95. The zero-order chi connectivity index (χ0) is 21.8. The molecule has 8 heteroatoms. The molecule has 0 unspecified atom stereocenters. The van der Waals surface area contributed by atoms with E-state index in [2.05, 4.69) is 40.1 Å². The molecular formula is C22H32N5O3+. The first-order valence-electron chi connectivity index (χ1n) is 10.4. The van der Waals surface area contributed by atoms with Crippen LogP contribution >= 0.6 is 0 Å². The highest BCUT2D eigenvalue weighted by molar-refractivity contribution is 5.95. The number of hydrogen-bond acceptors (Lipinski definition) is 6. The maximum absolute atomic E-state index is 12.4. The van der Waals surface area contributed by atoms with E-state index in [4.69, 9.17) is 4.74 Å². The molecule has 30 heavy (non-hydrogen) atoms. The third-order valence-electron chi connectivity index (χ3n) is 4.73. The Balaban J connectivity index is 1.66. The van der Waals surface area contributed by atoms with E-state index in [-0.39, 0.29) is 17.9 Å². The van der Waals surface area contributed by atoms with Gasteiger partial charge in [-0.05, 0) is 25.5 Å². The van der Waals surface area contributed by atoms with Crippen molar-refractivity contribution >= 4 is 22.8 Å². The fraction of sp³-hybridized carbons (Fsp3) is 0.545. The third-order valence-corrected chi connectivity index (χ3v) is 4.73. The van der Waals surface area contributed by atoms with Crippen LogP contribution in [0, 0.1) is 0 Å². The van der Waals surface area contributed by atoms with Gasteiger partial charge in [0.25, 0.3) is 5.56 Å². The molecule has 0 atom stereocenters. The highest BCUT2D eigenvalue weighted by Crippen LogP contribution is 2.08. The number of nitrogens with one attached hydrogen (secondary N) is 1. The lowest BCUT2D eigenvalue weighted by molar-refractivity contribution is -0.890. The van der Waals surface area contributed by atoms with Crippen LogP contribution in [0.25, 0.3) is 11.0 Å². The van der Waals surface area contributed by atoms with Gasteiger partial charge in [-0.1, -0.05) is 12.1 Å². The first-order valence-corrected chi connectivity index (χ1v) is 10.4. The number of nitrogens with zero attached hydrogens (tertiary/aromatic N) is 4. The molecule has 1 aromatic heterocycles. The average molecular weight is 415 g/mol. The summed E-state index contributed by atoms with van der Waals surface area (Å²) >= 11 is 0. The monoisotopic (exact) mass is 414 g/mol. The second kappa shape index (κ2) is 12.1. The van der Waals surface area contributed by atoms with Crippen molar-refractivity contribution in [1.29, 1.82) is 0 Å². The second-order valence-electron chi connectivity index (χ2n) is 7.76. The summed E-state index contributed by atoms with van der Waals surface area (Å²) in [6.07, 6.45) is 1.77. The molecule has 0 amide bonds. The minimum absolute atomic E-state index is 0.0295. The highest BCUT2D eigenvalue weighted by Gasteiger charge is 2.15. The van der Waals surface area contributed by atoms with Gasteiger partial charge in [0.05, 0.1) is 50.8 Å². The Morgan fingerprint density at radius 3 is 2.77 bits per heavy atom. The molecule has 0 bridgehead atoms. The quantitative estimate of drug-likeness (QED) is 0.236. The number of quaternary nitrogens is 1. The molecule has 0 fully saturated rings. The van der Waals surface area contributed by atoms with Crippen molar-refractivity contribution in [3.05, 3.63) is 40.3 Å². The number of Topliss-reactive ketones (excluding diaryl/α,β-unsaturated/α-hetero) is 1. The molecular weight excluding hydrogens is 382 g/mol. The molecule has 1 N–H and O–H groups in total. The molecule has 1 heterocycles. The van der Waals surface area contributed by atoms with E-state index in [1.54, 1.807) is 12.1 Å². The summed E-state index contributed by atoms with van der Waals surface area (Å²) < 4.78 is 6.53. The number of aromatic amines is 1. The average Bonchev–Trinajstić information content (AvgIpc) is 2.72. The summed E-state index contributed by atoms with van der Waals surface area (Å²) in [7, 11) is 4.32. The number of benzene rings is 1. The van der Waals surface area contributed by atoms with Crippen molar-refractivity contribution < 1.29 is 14.0 Å². The zero-order valence-electron chi connectivity index (χ0n) is 18.2. The van der Waals surface area contributed by atoms with Crippen LogP contribution < -0.4 is 5.56 Å². The van der Waals surface area contributed by atoms with Gasteiger partial charge in [0.1, 0.15) is 6.54 Å². The molecule has 0 radical (unpaired) electrons. The van der Waals surface area contributed by atoms with E-state index in [0.29, 0.717) is 37.2 Å². The molecule has 162 valence electrons. The number of carbonyl (C=O) groups excluding carboxylic acids is 1. The van der Waals surface area contributed by atoms with Crippen LogP contribution in [-0.2, 0) is 4.74 Å². The number of aliphatic imine (C=N–C) groups is 2. The van der Waals surface area contributed by atoms with E-state index in [9.17, 15) is 9.59 Å². The number of H-pyrrole nitrogens is 1. The van der Waals surface area contributed by atoms with E-state index >= 15 is 0 Å². The van der Waals surface area contributed by atoms with Crippen molar-refractivity contribution in [2.24, 2.45) is 9.98 Å². The van der Waals surface area contributed by atoms with Gasteiger partial charge >= 0.3 is 0 Å². The van der Waals surface area contributed by atoms with E-state index in [1.165, 1.54) is 0 Å². The summed E-state index contributed by atoms with van der Waals surface area (Å²) in [6, 6.07) is 9.86. The van der Waals surface area contributed by atoms with Gasteiger partial charge < -0.3 is 14.2 Å². The molecule has 0 spiro atoms. The lowest BCUT2D eigenvalue weighted by atomic mass is 10.1. The smallest absolute Gasteiger partial charge is 0.278 e. The van der Waals surface area contributed by atoms with Crippen LogP contribution in [0.1, 0.15) is 36.7 Å². The number of para-hydroxylation sites is 2. The van der Waals surface area contributed by atoms with Crippen LogP contribution in [-0.4, -0.2) is 79.7 Å². The minimum Gasteiger partial charge on any atom is -0.376 e. The molecule has 2 rings (SSSR count). The second-order valence-corrected chi connectivity index (χ2v) is 7.76. The van der Waals surface area contributed by atoms with Crippen LogP contribution in [0.4, 0.5) is 0 Å². The van der Waals surface area contributed by atoms with Crippen molar-refractivity contribution in [3.63, 3.8) is 0 Å². The normalized spacial score (nSPS) is 11.3. The molecule has 2 aromatic rings. The Kier molecular flexibility index (Phi) is 9.54. The SMILES string of the molecule is CCN=C=NCCC[N+](C)(C)CCOCCCC(=O)c1nc2ccccc2[nH]c1=O.